The predicted octanol–water partition coefficient (Wildman–Crippen LogP) is 9.10. The summed E-state index contributed by atoms with van der Waals surface area (Å²) in [4.78, 5) is 29.4. The van der Waals surface area contributed by atoms with Crippen LogP contribution < -0.4 is 4.90 Å². The van der Waals surface area contributed by atoms with E-state index in [1.165, 1.54) is 4.90 Å². The van der Waals surface area contributed by atoms with E-state index in [0.29, 0.717) is 28.1 Å². The van der Waals surface area contributed by atoms with Crippen molar-refractivity contribution < 1.29 is 9.59 Å². The predicted molar refractivity (Wildman–Crippen MR) is 179 cm³/mol. The summed E-state index contributed by atoms with van der Waals surface area (Å²) in [6.07, 6.45) is 0. The molecular weight excluding hydrogens is 554 g/mol. The van der Waals surface area contributed by atoms with Crippen molar-refractivity contribution in [2.24, 2.45) is 0 Å². The highest BCUT2D eigenvalue weighted by atomic mass is 16.2. The van der Waals surface area contributed by atoms with Crippen LogP contribution >= 0.6 is 0 Å². The van der Waals surface area contributed by atoms with Gasteiger partial charge in [-0.2, -0.15) is 5.26 Å². The first-order chi connectivity index (χ1) is 22.0. The molecule has 0 saturated carbocycles. The van der Waals surface area contributed by atoms with E-state index in [0.717, 1.165) is 49.6 Å². The summed E-state index contributed by atoms with van der Waals surface area (Å²) in [5.74, 6) is -0.690. The van der Waals surface area contributed by atoms with E-state index >= 15 is 0 Å². The maximum atomic E-state index is 14.3. The highest BCUT2D eigenvalue weighted by Crippen LogP contribution is 2.41. The lowest BCUT2D eigenvalue weighted by atomic mass is 9.96. The SMILES string of the molecule is Cc1cc(C#N)ccc1-c1cccc2c3ccccc3n(-c3cccc4c3C(=O)N(c3ccc(-c5ccccc5)cc3)C4=O)c12. The molecule has 7 aromatic rings. The fourth-order valence-corrected chi connectivity index (χ4v) is 6.64. The molecule has 2 amide bonds. The Bertz CT molecular complexity index is 2380. The van der Waals surface area contributed by atoms with Crippen LogP contribution in [0.4, 0.5) is 5.69 Å². The van der Waals surface area contributed by atoms with Gasteiger partial charge in [0.15, 0.2) is 0 Å². The topological polar surface area (TPSA) is 66.1 Å². The average molecular weight is 580 g/mol. The van der Waals surface area contributed by atoms with Crippen LogP contribution in [-0.4, -0.2) is 16.4 Å². The molecular formula is C40H25N3O2. The quantitative estimate of drug-likeness (QED) is 0.195. The van der Waals surface area contributed by atoms with Crippen LogP contribution in [0.15, 0.2) is 133 Å². The Balaban J connectivity index is 1.33. The van der Waals surface area contributed by atoms with Crippen LogP contribution in [0.1, 0.15) is 31.8 Å². The zero-order chi connectivity index (χ0) is 30.7. The van der Waals surface area contributed by atoms with E-state index < -0.39 is 0 Å². The summed E-state index contributed by atoms with van der Waals surface area (Å²) in [6, 6.07) is 45.3. The lowest BCUT2D eigenvalue weighted by molar-refractivity contribution is 0.0926. The number of hydrogen-bond acceptors (Lipinski definition) is 3. The molecule has 0 bridgehead atoms. The summed E-state index contributed by atoms with van der Waals surface area (Å²) in [5, 5.41) is 11.6. The normalized spacial score (nSPS) is 12.6. The molecule has 0 spiro atoms. The first-order valence-corrected chi connectivity index (χ1v) is 14.8. The number of aromatic nitrogens is 1. The first kappa shape index (κ1) is 26.4. The van der Waals surface area contributed by atoms with Crippen molar-refractivity contribution >= 4 is 39.3 Å². The van der Waals surface area contributed by atoms with Crippen molar-refractivity contribution in [3.63, 3.8) is 0 Å². The highest BCUT2D eigenvalue weighted by Gasteiger charge is 2.39. The molecule has 0 aliphatic carbocycles. The molecule has 6 aromatic carbocycles. The Morgan fingerprint density at radius 2 is 1.29 bits per heavy atom. The van der Waals surface area contributed by atoms with E-state index in [4.69, 9.17) is 0 Å². The molecule has 8 rings (SSSR count). The number of imide groups is 1. The second kappa shape index (κ2) is 10.2. The van der Waals surface area contributed by atoms with Crippen LogP contribution in [0.2, 0.25) is 0 Å². The highest BCUT2D eigenvalue weighted by molar-refractivity contribution is 6.36. The maximum absolute atomic E-state index is 14.3. The van der Waals surface area contributed by atoms with Crippen LogP contribution in [0.3, 0.4) is 0 Å². The van der Waals surface area contributed by atoms with Gasteiger partial charge in [0.05, 0.1) is 45.2 Å². The van der Waals surface area contributed by atoms with Gasteiger partial charge in [0.2, 0.25) is 0 Å². The standard InChI is InChI=1S/C40H25N3O2/c1-25-23-26(24-41)17-22-30(25)32-12-7-13-33-31-11-5-6-15-35(31)43(38(32)33)36-16-8-14-34-37(36)40(45)42(39(34)44)29-20-18-28(19-21-29)27-9-3-2-4-10-27/h2-23H,1H3. The van der Waals surface area contributed by atoms with Crippen molar-refractivity contribution in [2.75, 3.05) is 4.90 Å². The van der Waals surface area contributed by atoms with Gasteiger partial charge in [-0.1, -0.05) is 91.0 Å². The lowest BCUT2D eigenvalue weighted by Crippen LogP contribution is -2.29. The summed E-state index contributed by atoms with van der Waals surface area (Å²) < 4.78 is 2.11. The molecule has 1 aliphatic heterocycles. The molecule has 0 radical (unpaired) electrons. The summed E-state index contributed by atoms with van der Waals surface area (Å²) in [7, 11) is 0. The number of para-hydroxylation sites is 2. The van der Waals surface area contributed by atoms with Gasteiger partial charge in [-0.25, -0.2) is 4.90 Å². The van der Waals surface area contributed by atoms with Crippen molar-refractivity contribution in [1.29, 1.82) is 5.26 Å². The molecule has 5 nitrogen and oxygen atoms in total. The minimum absolute atomic E-state index is 0.340. The van der Waals surface area contributed by atoms with Crippen LogP contribution in [0.25, 0.3) is 49.7 Å². The Labute approximate surface area is 259 Å². The molecule has 45 heavy (non-hydrogen) atoms. The van der Waals surface area contributed by atoms with Gasteiger partial charge in [0.1, 0.15) is 0 Å². The van der Waals surface area contributed by atoms with E-state index in [9.17, 15) is 14.9 Å². The number of hydrogen-bond donors (Lipinski definition) is 0. The van der Waals surface area contributed by atoms with Crippen molar-refractivity contribution in [2.45, 2.75) is 6.92 Å². The van der Waals surface area contributed by atoms with Gasteiger partial charge >= 0.3 is 0 Å². The minimum atomic E-state index is -0.351. The zero-order valence-electron chi connectivity index (χ0n) is 24.4. The van der Waals surface area contributed by atoms with Gasteiger partial charge in [0, 0.05) is 16.3 Å². The number of anilines is 1. The first-order valence-electron chi connectivity index (χ1n) is 14.8. The minimum Gasteiger partial charge on any atom is -0.308 e. The maximum Gasteiger partial charge on any atom is 0.268 e. The number of rotatable bonds is 4. The van der Waals surface area contributed by atoms with Crippen molar-refractivity contribution in [1.82, 2.24) is 4.57 Å². The van der Waals surface area contributed by atoms with Gasteiger partial charge in [-0.05, 0) is 71.6 Å². The van der Waals surface area contributed by atoms with Crippen LogP contribution in [-0.2, 0) is 0 Å². The summed E-state index contributed by atoms with van der Waals surface area (Å²) in [6.45, 7) is 2.01. The molecule has 5 heteroatoms. The van der Waals surface area contributed by atoms with Crippen LogP contribution in [0, 0.1) is 18.3 Å². The summed E-state index contributed by atoms with van der Waals surface area (Å²) in [5.41, 5.74) is 9.44. The Kier molecular flexibility index (Phi) is 5.97. The van der Waals surface area contributed by atoms with E-state index in [1.807, 2.05) is 116 Å². The second-order valence-corrected chi connectivity index (χ2v) is 11.3. The molecule has 0 N–H and O–H groups in total. The third-order valence-corrected chi connectivity index (χ3v) is 8.71. The smallest absolute Gasteiger partial charge is 0.268 e. The zero-order valence-corrected chi connectivity index (χ0v) is 24.4. The van der Waals surface area contributed by atoms with Crippen molar-refractivity contribution in [3.8, 4) is 34.0 Å². The Morgan fingerprint density at radius 1 is 0.600 bits per heavy atom. The van der Waals surface area contributed by atoms with E-state index in [1.54, 1.807) is 6.07 Å². The number of aryl methyl sites for hydroxylation is 1. The fraction of sp³-hybridized carbons (Fsp3) is 0.0250. The number of nitrogens with zero attached hydrogens (tertiary/aromatic N) is 3. The molecule has 2 heterocycles. The van der Waals surface area contributed by atoms with E-state index in [2.05, 4.69) is 28.8 Å². The van der Waals surface area contributed by atoms with Gasteiger partial charge in [0.25, 0.3) is 11.8 Å². The molecule has 0 unspecified atom stereocenters. The monoisotopic (exact) mass is 579 g/mol. The Morgan fingerprint density at radius 3 is 2.07 bits per heavy atom. The Hall–Kier alpha value is -6.25. The summed E-state index contributed by atoms with van der Waals surface area (Å²) >= 11 is 0. The fourth-order valence-electron chi connectivity index (χ4n) is 6.64. The van der Waals surface area contributed by atoms with Gasteiger partial charge < -0.3 is 4.57 Å². The number of benzene rings is 6. The molecule has 1 aromatic heterocycles. The molecule has 212 valence electrons. The molecule has 0 saturated heterocycles. The lowest BCUT2D eigenvalue weighted by Gasteiger charge is -2.16. The van der Waals surface area contributed by atoms with Crippen LogP contribution in [0.5, 0.6) is 0 Å². The number of nitriles is 1. The van der Waals surface area contributed by atoms with Gasteiger partial charge in [-0.15, -0.1) is 0 Å². The van der Waals surface area contributed by atoms with E-state index in [-0.39, 0.29) is 11.8 Å². The average Bonchev–Trinajstić information content (AvgIpc) is 3.56. The number of amides is 2. The number of carbonyl (C=O) groups excluding carboxylic acids is 2. The third-order valence-electron chi connectivity index (χ3n) is 8.71. The molecule has 0 atom stereocenters. The van der Waals surface area contributed by atoms with Gasteiger partial charge in [-0.3, -0.25) is 9.59 Å². The third kappa shape index (κ3) is 4.01. The largest absolute Gasteiger partial charge is 0.308 e. The number of fused-ring (bicyclic) bond motifs is 4. The molecule has 1 aliphatic rings. The van der Waals surface area contributed by atoms with Crippen molar-refractivity contribution in [3.05, 3.63) is 156 Å². The number of carbonyl (C=O) groups is 2. The second-order valence-electron chi connectivity index (χ2n) is 11.3. The molecule has 0 fully saturated rings.